The van der Waals surface area contributed by atoms with Crippen LogP contribution in [0.15, 0.2) is 23.1 Å². The zero-order chi connectivity index (χ0) is 11.7. The first-order valence-corrected chi connectivity index (χ1v) is 5.08. The first-order chi connectivity index (χ1) is 7.65. The summed E-state index contributed by atoms with van der Waals surface area (Å²) in [4.78, 5) is 4.14. The van der Waals surface area contributed by atoms with Gasteiger partial charge in [0.1, 0.15) is 17.7 Å². The molecule has 1 N–H and O–H groups in total. The molecule has 0 bridgehead atoms. The number of nitriles is 1. The summed E-state index contributed by atoms with van der Waals surface area (Å²) in [6.07, 6.45) is 4.59. The molecule has 1 unspecified atom stereocenters. The number of furan rings is 1. The zero-order valence-electron chi connectivity index (χ0n) is 9.14. The zero-order valence-corrected chi connectivity index (χ0v) is 9.14. The number of fused-ring (bicyclic) bond motifs is 1. The number of aromatic hydroxyl groups is 1. The van der Waals surface area contributed by atoms with E-state index in [1.807, 2.05) is 13.8 Å². The van der Waals surface area contributed by atoms with Gasteiger partial charge < -0.3 is 9.52 Å². The fourth-order valence-corrected chi connectivity index (χ4v) is 1.69. The van der Waals surface area contributed by atoms with Crippen LogP contribution in [-0.4, -0.2) is 10.1 Å². The second-order valence-electron chi connectivity index (χ2n) is 4.08. The van der Waals surface area contributed by atoms with Crippen molar-refractivity contribution in [1.82, 2.24) is 4.98 Å². The largest absolute Gasteiger partial charge is 0.505 e. The summed E-state index contributed by atoms with van der Waals surface area (Å²) in [7, 11) is 0. The SMILES string of the molecule is CC(C)C(C#N)c1ncc2cocc2c1O. The van der Waals surface area contributed by atoms with E-state index in [0.29, 0.717) is 11.1 Å². The molecular weight excluding hydrogens is 204 g/mol. The number of hydrogen-bond acceptors (Lipinski definition) is 4. The van der Waals surface area contributed by atoms with Crippen LogP contribution in [0.25, 0.3) is 10.8 Å². The fraction of sp³-hybridized carbons (Fsp3) is 0.333. The van der Waals surface area contributed by atoms with E-state index in [9.17, 15) is 5.11 Å². The average Bonchev–Trinajstić information content (AvgIpc) is 2.70. The highest BCUT2D eigenvalue weighted by molar-refractivity contribution is 5.87. The molecule has 0 aliphatic heterocycles. The van der Waals surface area contributed by atoms with E-state index in [-0.39, 0.29) is 11.7 Å². The summed E-state index contributed by atoms with van der Waals surface area (Å²) in [6, 6.07) is 2.16. The molecular formula is C12H12N2O2. The molecule has 0 aromatic carbocycles. The van der Waals surface area contributed by atoms with Gasteiger partial charge in [-0.15, -0.1) is 0 Å². The number of nitrogens with zero attached hydrogens (tertiary/aromatic N) is 2. The van der Waals surface area contributed by atoms with Crippen molar-refractivity contribution in [3.8, 4) is 11.8 Å². The third kappa shape index (κ3) is 1.50. The summed E-state index contributed by atoms with van der Waals surface area (Å²) in [5.74, 6) is -0.251. The first-order valence-electron chi connectivity index (χ1n) is 5.08. The van der Waals surface area contributed by atoms with Crippen molar-refractivity contribution in [2.24, 2.45) is 5.92 Å². The van der Waals surface area contributed by atoms with Gasteiger partial charge in [0.15, 0.2) is 0 Å². The maximum atomic E-state index is 10.0. The minimum atomic E-state index is -0.403. The molecule has 0 saturated heterocycles. The van der Waals surface area contributed by atoms with Crippen LogP contribution in [0.5, 0.6) is 5.75 Å². The average molecular weight is 216 g/mol. The lowest BCUT2D eigenvalue weighted by molar-refractivity contribution is 0.455. The Hall–Kier alpha value is -2.02. The van der Waals surface area contributed by atoms with Gasteiger partial charge in [-0.25, -0.2) is 0 Å². The molecule has 0 amide bonds. The second-order valence-corrected chi connectivity index (χ2v) is 4.08. The topological polar surface area (TPSA) is 70.0 Å². The Morgan fingerprint density at radius 2 is 2.19 bits per heavy atom. The Morgan fingerprint density at radius 1 is 1.44 bits per heavy atom. The van der Waals surface area contributed by atoms with E-state index in [0.717, 1.165) is 5.39 Å². The lowest BCUT2D eigenvalue weighted by Crippen LogP contribution is -2.06. The molecule has 0 aliphatic rings. The minimum absolute atomic E-state index is 0.0477. The maximum Gasteiger partial charge on any atom is 0.149 e. The van der Waals surface area contributed by atoms with E-state index in [2.05, 4.69) is 11.1 Å². The van der Waals surface area contributed by atoms with Crippen molar-refractivity contribution in [3.05, 3.63) is 24.4 Å². The summed E-state index contributed by atoms with van der Waals surface area (Å²) < 4.78 is 4.99. The summed E-state index contributed by atoms with van der Waals surface area (Å²) in [5, 5.41) is 20.4. The fourth-order valence-electron chi connectivity index (χ4n) is 1.69. The van der Waals surface area contributed by atoms with E-state index < -0.39 is 5.92 Å². The highest BCUT2D eigenvalue weighted by atomic mass is 16.3. The van der Waals surface area contributed by atoms with Gasteiger partial charge in [0, 0.05) is 11.6 Å². The van der Waals surface area contributed by atoms with Gasteiger partial charge in [-0.3, -0.25) is 4.98 Å². The van der Waals surface area contributed by atoms with Crippen molar-refractivity contribution >= 4 is 10.8 Å². The molecule has 2 aromatic rings. The van der Waals surface area contributed by atoms with Gasteiger partial charge in [-0.1, -0.05) is 13.8 Å². The Balaban J connectivity index is 2.61. The molecule has 4 nitrogen and oxygen atoms in total. The Morgan fingerprint density at radius 3 is 2.81 bits per heavy atom. The first kappa shape index (κ1) is 10.5. The van der Waals surface area contributed by atoms with E-state index in [1.165, 1.54) is 12.5 Å². The Kier molecular flexibility index (Phi) is 2.53. The number of aromatic nitrogens is 1. The third-order valence-electron chi connectivity index (χ3n) is 2.63. The van der Waals surface area contributed by atoms with Crippen molar-refractivity contribution in [3.63, 3.8) is 0 Å². The van der Waals surface area contributed by atoms with Gasteiger partial charge in [-0.05, 0) is 5.92 Å². The molecule has 2 aromatic heterocycles. The van der Waals surface area contributed by atoms with Gasteiger partial charge in [-0.2, -0.15) is 5.26 Å². The summed E-state index contributed by atoms with van der Waals surface area (Å²) in [5.41, 5.74) is 0.423. The van der Waals surface area contributed by atoms with Crippen LogP contribution in [0.1, 0.15) is 25.5 Å². The van der Waals surface area contributed by atoms with Gasteiger partial charge in [0.2, 0.25) is 0 Å². The van der Waals surface area contributed by atoms with Crippen LogP contribution in [0.4, 0.5) is 0 Å². The standard InChI is InChI=1S/C12H12N2O2/c1-7(2)9(3-13)11-12(15)10-6-16-5-8(10)4-14-11/h4-7,9,15H,1-2H3. The molecule has 2 rings (SSSR count). The number of pyridine rings is 1. The van der Waals surface area contributed by atoms with Crippen LogP contribution in [0.2, 0.25) is 0 Å². The van der Waals surface area contributed by atoms with E-state index in [4.69, 9.17) is 9.68 Å². The normalized spacial score (nSPS) is 12.9. The molecule has 16 heavy (non-hydrogen) atoms. The monoisotopic (exact) mass is 216 g/mol. The molecule has 0 aliphatic carbocycles. The molecule has 1 atom stereocenters. The summed E-state index contributed by atoms with van der Waals surface area (Å²) >= 11 is 0. The molecule has 2 heterocycles. The van der Waals surface area contributed by atoms with E-state index in [1.54, 1.807) is 6.20 Å². The van der Waals surface area contributed by atoms with E-state index >= 15 is 0 Å². The second kappa shape index (κ2) is 3.86. The smallest absolute Gasteiger partial charge is 0.149 e. The Bertz CT molecular complexity index is 552. The van der Waals surface area contributed by atoms with Gasteiger partial charge in [0.05, 0.1) is 23.6 Å². The Labute approximate surface area is 93.1 Å². The molecule has 4 heteroatoms. The van der Waals surface area contributed by atoms with Gasteiger partial charge in [0.25, 0.3) is 0 Å². The third-order valence-corrected chi connectivity index (χ3v) is 2.63. The van der Waals surface area contributed by atoms with Crippen LogP contribution < -0.4 is 0 Å². The lowest BCUT2D eigenvalue weighted by Gasteiger charge is -2.13. The molecule has 82 valence electrons. The van der Waals surface area contributed by atoms with Crippen LogP contribution in [0, 0.1) is 17.2 Å². The minimum Gasteiger partial charge on any atom is -0.505 e. The van der Waals surface area contributed by atoms with Crippen molar-refractivity contribution in [1.29, 1.82) is 5.26 Å². The van der Waals surface area contributed by atoms with Crippen LogP contribution in [-0.2, 0) is 0 Å². The maximum absolute atomic E-state index is 10.0. The van der Waals surface area contributed by atoms with Crippen molar-refractivity contribution in [2.45, 2.75) is 19.8 Å². The van der Waals surface area contributed by atoms with Crippen molar-refractivity contribution < 1.29 is 9.52 Å². The van der Waals surface area contributed by atoms with Crippen LogP contribution >= 0.6 is 0 Å². The number of rotatable bonds is 2. The molecule has 0 saturated carbocycles. The van der Waals surface area contributed by atoms with Crippen LogP contribution in [0.3, 0.4) is 0 Å². The molecule has 0 radical (unpaired) electrons. The number of hydrogen-bond donors (Lipinski definition) is 1. The summed E-state index contributed by atoms with van der Waals surface area (Å²) in [6.45, 7) is 3.85. The molecule has 0 spiro atoms. The highest BCUT2D eigenvalue weighted by Crippen LogP contribution is 2.34. The highest BCUT2D eigenvalue weighted by Gasteiger charge is 2.22. The van der Waals surface area contributed by atoms with Gasteiger partial charge >= 0.3 is 0 Å². The predicted octanol–water partition coefficient (Wildman–Crippen LogP) is 2.80. The molecule has 0 fully saturated rings. The predicted molar refractivity (Wildman–Crippen MR) is 58.9 cm³/mol. The lowest BCUT2D eigenvalue weighted by atomic mass is 9.92. The van der Waals surface area contributed by atoms with Crippen molar-refractivity contribution in [2.75, 3.05) is 0 Å². The quantitative estimate of drug-likeness (QED) is 0.837.